The quantitative estimate of drug-likeness (QED) is 0.891. The van der Waals surface area contributed by atoms with Crippen LogP contribution in [0.1, 0.15) is 5.56 Å². The molecule has 0 amide bonds. The average molecular weight is 311 g/mol. The molecule has 2 aliphatic rings. The summed E-state index contributed by atoms with van der Waals surface area (Å²) in [5.41, 5.74) is 1.26. The molecule has 0 unspecified atom stereocenters. The minimum Gasteiger partial charge on any atom is -0.352 e. The summed E-state index contributed by atoms with van der Waals surface area (Å²) in [6.07, 6.45) is 1.90. The molecule has 2 fully saturated rings. The zero-order valence-corrected chi connectivity index (χ0v) is 12.3. The van der Waals surface area contributed by atoms with E-state index in [1.807, 2.05) is 12.3 Å². The van der Waals surface area contributed by atoms with Crippen molar-refractivity contribution < 1.29 is 0 Å². The maximum Gasteiger partial charge on any atom is 0.143 e. The van der Waals surface area contributed by atoms with E-state index in [-0.39, 0.29) is 0 Å². The fourth-order valence-electron chi connectivity index (χ4n) is 2.65. The van der Waals surface area contributed by atoms with Gasteiger partial charge in [0.25, 0.3) is 0 Å². The third-order valence-electron chi connectivity index (χ3n) is 3.89. The lowest BCUT2D eigenvalue weighted by molar-refractivity contribution is 0.147. The Morgan fingerprint density at radius 2 is 2.06 bits per heavy atom. The van der Waals surface area contributed by atoms with E-state index in [1.54, 1.807) is 0 Å². The third-order valence-corrected chi connectivity index (χ3v) is 4.87. The van der Waals surface area contributed by atoms with E-state index in [4.69, 9.17) is 0 Å². The molecule has 98 valence electrons. The Kier molecular flexibility index (Phi) is 3.54. The van der Waals surface area contributed by atoms with Crippen molar-refractivity contribution in [2.75, 3.05) is 44.2 Å². The summed E-state index contributed by atoms with van der Waals surface area (Å²) in [4.78, 5) is 9.45. The van der Waals surface area contributed by atoms with Gasteiger partial charge in [-0.2, -0.15) is 0 Å². The van der Waals surface area contributed by atoms with Crippen molar-refractivity contribution in [1.82, 2.24) is 15.2 Å². The predicted octanol–water partition coefficient (Wildman–Crippen LogP) is 1.25. The number of halogens is 1. The van der Waals surface area contributed by atoms with Crippen LogP contribution >= 0.6 is 15.9 Å². The molecule has 0 spiro atoms. The van der Waals surface area contributed by atoms with Crippen molar-refractivity contribution in [2.45, 2.75) is 13.0 Å². The average Bonchev–Trinajstić information content (AvgIpc) is 2.34. The van der Waals surface area contributed by atoms with Crippen LogP contribution in [0.15, 0.2) is 16.7 Å². The number of hydrogen-bond donors (Lipinski definition) is 1. The second-order valence-electron chi connectivity index (χ2n) is 5.11. The van der Waals surface area contributed by atoms with Gasteiger partial charge in [0.15, 0.2) is 0 Å². The van der Waals surface area contributed by atoms with E-state index < -0.39 is 0 Å². The topological polar surface area (TPSA) is 31.4 Å². The maximum absolute atomic E-state index is 4.49. The fourth-order valence-corrected chi connectivity index (χ4v) is 3.14. The van der Waals surface area contributed by atoms with E-state index in [1.165, 1.54) is 18.7 Å². The highest BCUT2D eigenvalue weighted by atomic mass is 79.9. The van der Waals surface area contributed by atoms with Gasteiger partial charge >= 0.3 is 0 Å². The second kappa shape index (κ2) is 5.15. The van der Waals surface area contributed by atoms with E-state index in [2.05, 4.69) is 43.0 Å². The first-order valence-corrected chi connectivity index (χ1v) is 7.36. The number of nitrogens with zero attached hydrogens (tertiary/aromatic N) is 3. The summed E-state index contributed by atoms with van der Waals surface area (Å²) < 4.78 is 1.14. The number of rotatable bonds is 2. The Balaban J connectivity index is 1.63. The molecule has 0 bridgehead atoms. The molecule has 2 aliphatic heterocycles. The minimum absolute atomic E-state index is 0.710. The van der Waals surface area contributed by atoms with Crippen LogP contribution in [-0.2, 0) is 0 Å². The highest BCUT2D eigenvalue weighted by Crippen LogP contribution is 2.31. The summed E-state index contributed by atoms with van der Waals surface area (Å²) in [5, 5.41) is 3.40. The maximum atomic E-state index is 4.49. The van der Waals surface area contributed by atoms with Crippen LogP contribution in [0.2, 0.25) is 0 Å². The van der Waals surface area contributed by atoms with Crippen LogP contribution in [0.25, 0.3) is 0 Å². The standard InChI is InChI=1S/C13H19BrN4/c1-10-2-3-16-13(12(10)14)18-8-11(9-18)17-6-4-15-5-7-17/h2-3,11,15H,4-9H2,1H3. The zero-order chi connectivity index (χ0) is 12.5. The summed E-state index contributed by atoms with van der Waals surface area (Å²) in [6, 6.07) is 2.75. The van der Waals surface area contributed by atoms with Gasteiger partial charge in [0.1, 0.15) is 5.82 Å². The predicted molar refractivity (Wildman–Crippen MR) is 77.1 cm³/mol. The molecule has 0 aliphatic carbocycles. The third kappa shape index (κ3) is 2.27. The molecule has 0 saturated carbocycles. The Morgan fingerprint density at radius 1 is 1.33 bits per heavy atom. The van der Waals surface area contributed by atoms with Crippen molar-refractivity contribution >= 4 is 21.7 Å². The molecule has 5 heteroatoms. The van der Waals surface area contributed by atoms with Crippen LogP contribution in [-0.4, -0.2) is 55.2 Å². The van der Waals surface area contributed by atoms with Gasteiger partial charge in [-0.3, -0.25) is 4.90 Å². The monoisotopic (exact) mass is 310 g/mol. The lowest BCUT2D eigenvalue weighted by atomic mass is 10.1. The second-order valence-corrected chi connectivity index (χ2v) is 5.90. The smallest absolute Gasteiger partial charge is 0.143 e. The zero-order valence-electron chi connectivity index (χ0n) is 10.7. The molecule has 3 rings (SSSR count). The molecule has 4 nitrogen and oxygen atoms in total. The SMILES string of the molecule is Cc1ccnc(N2CC(N3CCNCC3)C2)c1Br. The van der Waals surface area contributed by atoms with Gasteiger partial charge in [0, 0.05) is 51.5 Å². The molecule has 0 atom stereocenters. The highest BCUT2D eigenvalue weighted by Gasteiger charge is 2.33. The van der Waals surface area contributed by atoms with Gasteiger partial charge in [-0.05, 0) is 34.5 Å². The Bertz CT molecular complexity index is 425. The molecular weight excluding hydrogens is 292 g/mol. The first kappa shape index (κ1) is 12.4. The fraction of sp³-hybridized carbons (Fsp3) is 0.615. The molecule has 0 radical (unpaired) electrons. The lowest BCUT2D eigenvalue weighted by Crippen LogP contribution is -2.63. The van der Waals surface area contributed by atoms with Gasteiger partial charge in [-0.15, -0.1) is 0 Å². The van der Waals surface area contributed by atoms with Gasteiger partial charge in [0.05, 0.1) is 4.47 Å². The first-order valence-electron chi connectivity index (χ1n) is 6.56. The Hall–Kier alpha value is -0.650. The lowest BCUT2D eigenvalue weighted by Gasteiger charge is -2.47. The van der Waals surface area contributed by atoms with Gasteiger partial charge in [-0.1, -0.05) is 0 Å². The van der Waals surface area contributed by atoms with Crippen molar-refractivity contribution in [2.24, 2.45) is 0 Å². The molecule has 1 N–H and O–H groups in total. The van der Waals surface area contributed by atoms with Gasteiger partial charge < -0.3 is 10.2 Å². The Labute approximate surface area is 116 Å². The van der Waals surface area contributed by atoms with Crippen LogP contribution in [0.5, 0.6) is 0 Å². The summed E-state index contributed by atoms with van der Waals surface area (Å²) in [5.74, 6) is 1.10. The van der Waals surface area contributed by atoms with Gasteiger partial charge in [0.2, 0.25) is 0 Å². The molecule has 2 saturated heterocycles. The first-order chi connectivity index (χ1) is 8.75. The normalized spacial score (nSPS) is 22.0. The van der Waals surface area contributed by atoms with E-state index in [0.717, 1.165) is 36.5 Å². The number of anilines is 1. The van der Waals surface area contributed by atoms with Crippen LogP contribution in [0.4, 0.5) is 5.82 Å². The Morgan fingerprint density at radius 3 is 2.78 bits per heavy atom. The molecule has 1 aromatic rings. The van der Waals surface area contributed by atoms with Crippen molar-refractivity contribution in [1.29, 1.82) is 0 Å². The molecule has 18 heavy (non-hydrogen) atoms. The van der Waals surface area contributed by atoms with Crippen molar-refractivity contribution in [3.63, 3.8) is 0 Å². The number of nitrogens with one attached hydrogen (secondary N) is 1. The molecular formula is C13H19BrN4. The summed E-state index contributed by atoms with van der Waals surface area (Å²) in [6.45, 7) is 8.95. The molecule has 1 aromatic heterocycles. The highest BCUT2D eigenvalue weighted by molar-refractivity contribution is 9.10. The van der Waals surface area contributed by atoms with E-state index in [0.29, 0.717) is 6.04 Å². The number of piperazine rings is 1. The number of hydrogen-bond acceptors (Lipinski definition) is 4. The number of aromatic nitrogens is 1. The largest absolute Gasteiger partial charge is 0.352 e. The van der Waals surface area contributed by atoms with E-state index >= 15 is 0 Å². The molecule has 0 aromatic carbocycles. The van der Waals surface area contributed by atoms with Gasteiger partial charge in [-0.25, -0.2) is 4.98 Å². The minimum atomic E-state index is 0.710. The molecule has 3 heterocycles. The summed E-state index contributed by atoms with van der Waals surface area (Å²) >= 11 is 3.64. The van der Waals surface area contributed by atoms with Crippen LogP contribution in [0.3, 0.4) is 0 Å². The number of aryl methyl sites for hydroxylation is 1. The van der Waals surface area contributed by atoms with Crippen molar-refractivity contribution in [3.05, 3.63) is 22.3 Å². The van der Waals surface area contributed by atoms with E-state index in [9.17, 15) is 0 Å². The van der Waals surface area contributed by atoms with Crippen molar-refractivity contribution in [3.8, 4) is 0 Å². The summed E-state index contributed by atoms with van der Waals surface area (Å²) in [7, 11) is 0. The van der Waals surface area contributed by atoms with Crippen LogP contribution < -0.4 is 10.2 Å². The number of pyridine rings is 1. The van der Waals surface area contributed by atoms with Crippen LogP contribution in [0, 0.1) is 6.92 Å².